The van der Waals surface area contributed by atoms with E-state index in [1.165, 1.54) is 69.2 Å². The van der Waals surface area contributed by atoms with E-state index in [1.54, 1.807) is 0 Å². The number of para-hydroxylation sites is 1. The lowest BCUT2D eigenvalue weighted by Crippen LogP contribution is -1.95. The largest absolute Gasteiger partial charge is 0.307 e. The van der Waals surface area contributed by atoms with Crippen molar-refractivity contribution in [3.8, 4) is 5.69 Å². The zero-order chi connectivity index (χ0) is 22.2. The molecule has 0 saturated heterocycles. The number of aromatic nitrogens is 1. The third-order valence-corrected chi connectivity index (χ3v) is 8.43. The molecule has 0 aliphatic heterocycles. The molecule has 0 bridgehead atoms. The van der Waals surface area contributed by atoms with Crippen LogP contribution in [0.3, 0.4) is 0 Å². The molecule has 2 aromatic heterocycles. The molecule has 0 radical (unpaired) electrons. The summed E-state index contributed by atoms with van der Waals surface area (Å²) in [5.41, 5.74) is 3.79. The summed E-state index contributed by atoms with van der Waals surface area (Å²) in [6.07, 6.45) is 0. The van der Waals surface area contributed by atoms with Crippen molar-refractivity contribution in [2.75, 3.05) is 0 Å². The molecule has 8 aromatic rings. The minimum absolute atomic E-state index is 1.24. The van der Waals surface area contributed by atoms with Crippen molar-refractivity contribution in [3.63, 3.8) is 0 Å². The lowest BCUT2D eigenvalue weighted by atomic mass is 10.0. The van der Waals surface area contributed by atoms with Gasteiger partial charge in [0.15, 0.2) is 0 Å². The van der Waals surface area contributed by atoms with E-state index in [-0.39, 0.29) is 0 Å². The Kier molecular flexibility index (Phi) is 3.60. The summed E-state index contributed by atoms with van der Waals surface area (Å²) in [6, 6.07) is 42.1. The molecule has 0 saturated carbocycles. The quantitative estimate of drug-likeness (QED) is 0.235. The molecule has 0 atom stereocenters. The molecule has 0 fully saturated rings. The number of nitrogens with zero attached hydrogens (tertiary/aromatic N) is 1. The molecular weight excluding hydrogens is 430 g/mol. The second kappa shape index (κ2) is 6.69. The van der Waals surface area contributed by atoms with E-state index in [0.717, 1.165) is 0 Å². The van der Waals surface area contributed by atoms with E-state index < -0.39 is 0 Å². The van der Waals surface area contributed by atoms with Crippen LogP contribution in [0.15, 0.2) is 115 Å². The Bertz CT molecular complexity index is 2070. The second-order valence-electron chi connectivity index (χ2n) is 8.95. The van der Waals surface area contributed by atoms with Crippen molar-refractivity contribution < 1.29 is 0 Å². The second-order valence-corrected chi connectivity index (χ2v) is 9.98. The molecule has 34 heavy (non-hydrogen) atoms. The summed E-state index contributed by atoms with van der Waals surface area (Å²) in [7, 11) is 0. The molecule has 0 N–H and O–H groups in total. The van der Waals surface area contributed by atoms with Crippen LogP contribution in [0.25, 0.3) is 69.2 Å². The van der Waals surface area contributed by atoms with Gasteiger partial charge in [-0.1, -0.05) is 103 Å². The highest BCUT2D eigenvalue weighted by Crippen LogP contribution is 2.45. The van der Waals surface area contributed by atoms with Crippen LogP contribution in [0.1, 0.15) is 0 Å². The van der Waals surface area contributed by atoms with Gasteiger partial charge in [-0.25, -0.2) is 0 Å². The van der Waals surface area contributed by atoms with Crippen molar-refractivity contribution in [2.24, 2.45) is 0 Å². The molecule has 0 aliphatic rings. The topological polar surface area (TPSA) is 4.93 Å². The average Bonchev–Trinajstić information content (AvgIpc) is 3.44. The number of hydrogen-bond acceptors (Lipinski definition) is 1. The van der Waals surface area contributed by atoms with Gasteiger partial charge in [-0.2, -0.15) is 0 Å². The van der Waals surface area contributed by atoms with Gasteiger partial charge in [0.2, 0.25) is 0 Å². The highest BCUT2D eigenvalue weighted by molar-refractivity contribution is 7.27. The first kappa shape index (κ1) is 18.3. The maximum atomic E-state index is 2.49. The summed E-state index contributed by atoms with van der Waals surface area (Å²) < 4.78 is 5.22. The third-order valence-electron chi connectivity index (χ3n) is 7.17. The fraction of sp³-hybridized carbons (Fsp3) is 0. The van der Waals surface area contributed by atoms with E-state index in [1.807, 2.05) is 11.3 Å². The van der Waals surface area contributed by atoms with Gasteiger partial charge in [0.05, 0.1) is 21.4 Å². The Hall–Kier alpha value is -4.14. The molecule has 0 amide bonds. The Balaban J connectivity index is 1.64. The van der Waals surface area contributed by atoms with Crippen LogP contribution in [-0.4, -0.2) is 4.57 Å². The number of fused-ring (bicyclic) bond motifs is 10. The Morgan fingerprint density at radius 3 is 1.91 bits per heavy atom. The van der Waals surface area contributed by atoms with Crippen LogP contribution in [-0.2, 0) is 0 Å². The molecular formula is C32H19NS. The van der Waals surface area contributed by atoms with E-state index in [9.17, 15) is 0 Å². The molecule has 1 nitrogen and oxygen atoms in total. The van der Waals surface area contributed by atoms with Crippen molar-refractivity contribution in [3.05, 3.63) is 115 Å². The maximum Gasteiger partial charge on any atom is 0.0720 e. The van der Waals surface area contributed by atoms with Crippen molar-refractivity contribution >= 4 is 74.9 Å². The fourth-order valence-corrected chi connectivity index (χ4v) is 7.04. The summed E-state index contributed by atoms with van der Waals surface area (Å²) in [5, 5.41) is 10.5. The minimum Gasteiger partial charge on any atom is -0.307 e. The number of benzene rings is 6. The summed E-state index contributed by atoms with van der Waals surface area (Å²) in [4.78, 5) is 0. The average molecular weight is 450 g/mol. The van der Waals surface area contributed by atoms with Crippen LogP contribution in [0.4, 0.5) is 0 Å². The van der Waals surface area contributed by atoms with Crippen LogP contribution >= 0.6 is 11.3 Å². The van der Waals surface area contributed by atoms with Gasteiger partial charge in [0.25, 0.3) is 0 Å². The molecule has 6 aromatic carbocycles. The predicted molar refractivity (Wildman–Crippen MR) is 149 cm³/mol. The summed E-state index contributed by atoms with van der Waals surface area (Å²) in [6.45, 7) is 0. The maximum absolute atomic E-state index is 2.49. The zero-order valence-electron chi connectivity index (χ0n) is 18.3. The minimum atomic E-state index is 1.24. The molecule has 8 rings (SSSR count). The van der Waals surface area contributed by atoms with Gasteiger partial charge < -0.3 is 4.57 Å². The highest BCUT2D eigenvalue weighted by atomic mass is 32.1. The molecule has 158 valence electrons. The smallest absolute Gasteiger partial charge is 0.0720 e. The van der Waals surface area contributed by atoms with Crippen molar-refractivity contribution in [2.45, 2.75) is 0 Å². The lowest BCUT2D eigenvalue weighted by Gasteiger charge is -2.12. The van der Waals surface area contributed by atoms with Gasteiger partial charge in [0, 0.05) is 31.6 Å². The predicted octanol–water partition coefficient (Wildman–Crippen LogP) is 9.46. The SMILES string of the molecule is c1ccc2c(-n3c4ccccc4c4ccc5c6ccc7ccccc7c6sc5c43)cccc2c1. The van der Waals surface area contributed by atoms with Crippen LogP contribution in [0, 0.1) is 0 Å². The lowest BCUT2D eigenvalue weighted by molar-refractivity contribution is 1.21. The molecule has 0 spiro atoms. The van der Waals surface area contributed by atoms with E-state index in [2.05, 4.69) is 120 Å². The van der Waals surface area contributed by atoms with Crippen molar-refractivity contribution in [1.29, 1.82) is 0 Å². The number of rotatable bonds is 1. The normalized spacial score (nSPS) is 12.1. The van der Waals surface area contributed by atoms with E-state index >= 15 is 0 Å². The van der Waals surface area contributed by atoms with Gasteiger partial charge >= 0.3 is 0 Å². The van der Waals surface area contributed by atoms with Crippen LogP contribution in [0.5, 0.6) is 0 Å². The first-order valence-corrected chi connectivity index (χ1v) is 12.4. The molecule has 0 unspecified atom stereocenters. The monoisotopic (exact) mass is 449 g/mol. The first-order chi connectivity index (χ1) is 16.9. The Morgan fingerprint density at radius 1 is 0.412 bits per heavy atom. The number of hydrogen-bond donors (Lipinski definition) is 0. The zero-order valence-corrected chi connectivity index (χ0v) is 19.1. The van der Waals surface area contributed by atoms with Gasteiger partial charge in [-0.15, -0.1) is 11.3 Å². The Morgan fingerprint density at radius 2 is 1.03 bits per heavy atom. The van der Waals surface area contributed by atoms with Crippen LogP contribution < -0.4 is 0 Å². The molecule has 0 aliphatic carbocycles. The highest BCUT2D eigenvalue weighted by Gasteiger charge is 2.19. The summed E-state index contributed by atoms with van der Waals surface area (Å²) in [5.74, 6) is 0. The fourth-order valence-electron chi connectivity index (χ4n) is 5.66. The Labute approximate surface area is 200 Å². The first-order valence-electron chi connectivity index (χ1n) is 11.6. The van der Waals surface area contributed by atoms with E-state index in [4.69, 9.17) is 0 Å². The van der Waals surface area contributed by atoms with Gasteiger partial charge in [-0.05, 0) is 28.3 Å². The summed E-state index contributed by atoms with van der Waals surface area (Å²) >= 11 is 1.93. The standard InChI is InChI=1S/C32H19NS/c1-3-11-22-20(8-1)10-7-15-28(22)33-29-14-6-5-13-24(29)25-18-19-27-26-17-16-21-9-2-4-12-23(21)31(26)34-32(27)30(25)33/h1-19H. The molecule has 2 heterocycles. The van der Waals surface area contributed by atoms with E-state index in [0.29, 0.717) is 0 Å². The molecule has 2 heteroatoms. The van der Waals surface area contributed by atoms with Gasteiger partial charge in [-0.3, -0.25) is 0 Å². The number of thiophene rings is 1. The van der Waals surface area contributed by atoms with Crippen molar-refractivity contribution in [1.82, 2.24) is 4.57 Å². The third kappa shape index (κ3) is 2.33. The van der Waals surface area contributed by atoms with Crippen LogP contribution in [0.2, 0.25) is 0 Å². The van der Waals surface area contributed by atoms with Gasteiger partial charge in [0.1, 0.15) is 0 Å².